The Balaban J connectivity index is 2.12. The molecule has 216 valence electrons. The third-order valence-corrected chi connectivity index (χ3v) is 6.65. The lowest BCUT2D eigenvalue weighted by Gasteiger charge is -2.24. The average Bonchev–Trinajstić information content (AvgIpc) is 2.96. The van der Waals surface area contributed by atoms with E-state index in [0.717, 1.165) is 24.0 Å². The number of allylic oxidation sites excluding steroid dienone is 2. The zero-order valence-corrected chi connectivity index (χ0v) is 23.6. The summed E-state index contributed by atoms with van der Waals surface area (Å²) in [6.07, 6.45) is 7.11. The lowest BCUT2D eigenvalue weighted by atomic mass is 9.94. The maximum Gasteiger partial charge on any atom is 0.309 e. The molecule has 4 atom stereocenters. The Morgan fingerprint density at radius 1 is 0.900 bits per heavy atom. The number of unbranched alkanes of at least 4 members (excludes halogenated alkanes) is 1. The SMILES string of the molecule is C=CCCCC(Cc1ccccc1)C(=O)OCC(Cc1ccccc1)NC(=O)C(CC=C)CC(=O)NC(C)CO. The van der Waals surface area contributed by atoms with Crippen molar-refractivity contribution in [3.05, 3.63) is 97.1 Å². The number of carbonyl (C=O) groups is 3. The Labute approximate surface area is 238 Å². The summed E-state index contributed by atoms with van der Waals surface area (Å²) in [6, 6.07) is 18.7. The van der Waals surface area contributed by atoms with Gasteiger partial charge in [0.1, 0.15) is 6.61 Å². The van der Waals surface area contributed by atoms with Gasteiger partial charge in [0.05, 0.1) is 24.5 Å². The van der Waals surface area contributed by atoms with Gasteiger partial charge in [-0.3, -0.25) is 14.4 Å². The van der Waals surface area contributed by atoms with Gasteiger partial charge in [-0.25, -0.2) is 0 Å². The van der Waals surface area contributed by atoms with Crippen molar-refractivity contribution < 1.29 is 24.2 Å². The van der Waals surface area contributed by atoms with Crippen LogP contribution in [0.25, 0.3) is 0 Å². The van der Waals surface area contributed by atoms with Gasteiger partial charge in [-0.15, -0.1) is 13.2 Å². The molecule has 0 aliphatic rings. The van der Waals surface area contributed by atoms with Gasteiger partial charge >= 0.3 is 5.97 Å². The highest BCUT2D eigenvalue weighted by Gasteiger charge is 2.26. The normalized spacial score (nSPS) is 13.8. The van der Waals surface area contributed by atoms with Crippen molar-refractivity contribution in [2.45, 2.75) is 64.0 Å². The van der Waals surface area contributed by atoms with E-state index in [1.165, 1.54) is 0 Å². The molecule has 0 bridgehead atoms. The molecule has 0 fully saturated rings. The van der Waals surface area contributed by atoms with E-state index in [0.29, 0.717) is 25.7 Å². The maximum absolute atomic E-state index is 13.3. The molecule has 40 heavy (non-hydrogen) atoms. The number of rotatable bonds is 19. The number of nitrogens with one attached hydrogen (secondary N) is 2. The number of hydrogen-bond acceptors (Lipinski definition) is 5. The Morgan fingerprint density at radius 3 is 2.10 bits per heavy atom. The van der Waals surface area contributed by atoms with Crippen molar-refractivity contribution in [3.8, 4) is 0 Å². The summed E-state index contributed by atoms with van der Waals surface area (Å²) >= 11 is 0. The van der Waals surface area contributed by atoms with Gasteiger partial charge in [0.25, 0.3) is 0 Å². The number of hydrogen-bond donors (Lipinski definition) is 3. The van der Waals surface area contributed by atoms with E-state index in [2.05, 4.69) is 23.8 Å². The smallest absolute Gasteiger partial charge is 0.309 e. The number of ether oxygens (including phenoxy) is 1. The van der Waals surface area contributed by atoms with Crippen LogP contribution in [-0.4, -0.2) is 48.2 Å². The van der Waals surface area contributed by atoms with E-state index in [1.54, 1.807) is 13.0 Å². The molecular weight excluding hydrogens is 504 g/mol. The second-order valence-corrected chi connectivity index (χ2v) is 10.2. The molecule has 2 aromatic rings. The minimum Gasteiger partial charge on any atom is -0.463 e. The fourth-order valence-electron chi connectivity index (χ4n) is 4.47. The van der Waals surface area contributed by atoms with E-state index in [4.69, 9.17) is 4.74 Å². The molecule has 7 nitrogen and oxygen atoms in total. The highest BCUT2D eigenvalue weighted by atomic mass is 16.5. The van der Waals surface area contributed by atoms with Gasteiger partial charge in [-0.1, -0.05) is 72.8 Å². The molecule has 2 rings (SSSR count). The molecular formula is C33H44N2O5. The lowest BCUT2D eigenvalue weighted by molar-refractivity contribution is -0.150. The Hall–Kier alpha value is -3.71. The Morgan fingerprint density at radius 2 is 1.52 bits per heavy atom. The zero-order valence-electron chi connectivity index (χ0n) is 23.6. The first-order valence-corrected chi connectivity index (χ1v) is 14.0. The third-order valence-electron chi connectivity index (χ3n) is 6.65. The molecule has 0 aliphatic carbocycles. The number of carbonyl (C=O) groups excluding carboxylic acids is 3. The molecule has 7 heteroatoms. The summed E-state index contributed by atoms with van der Waals surface area (Å²) in [5.41, 5.74) is 2.06. The summed E-state index contributed by atoms with van der Waals surface area (Å²) < 4.78 is 5.82. The largest absolute Gasteiger partial charge is 0.463 e. The van der Waals surface area contributed by atoms with Crippen molar-refractivity contribution in [3.63, 3.8) is 0 Å². The monoisotopic (exact) mass is 548 g/mol. The van der Waals surface area contributed by atoms with E-state index in [-0.39, 0.29) is 43.3 Å². The molecule has 0 heterocycles. The van der Waals surface area contributed by atoms with Crippen LogP contribution in [-0.2, 0) is 32.0 Å². The molecule has 4 unspecified atom stereocenters. The predicted octanol–water partition coefficient (Wildman–Crippen LogP) is 4.55. The number of aliphatic hydroxyl groups is 1. The quantitative estimate of drug-likeness (QED) is 0.136. The van der Waals surface area contributed by atoms with Gasteiger partial charge in [-0.05, 0) is 56.6 Å². The topological polar surface area (TPSA) is 105 Å². The summed E-state index contributed by atoms with van der Waals surface area (Å²) in [4.78, 5) is 38.9. The first-order chi connectivity index (χ1) is 19.4. The lowest BCUT2D eigenvalue weighted by Crippen LogP contribution is -2.45. The van der Waals surface area contributed by atoms with Crippen LogP contribution in [0.15, 0.2) is 86.0 Å². The van der Waals surface area contributed by atoms with Crippen LogP contribution in [0, 0.1) is 11.8 Å². The van der Waals surface area contributed by atoms with Gasteiger partial charge in [0.15, 0.2) is 0 Å². The highest BCUT2D eigenvalue weighted by molar-refractivity contribution is 5.86. The van der Waals surface area contributed by atoms with Crippen molar-refractivity contribution >= 4 is 17.8 Å². The number of esters is 1. The van der Waals surface area contributed by atoms with Crippen molar-refractivity contribution in [1.82, 2.24) is 10.6 Å². The standard InChI is InChI=1S/C33H44N2O5/c1-4-6-9-19-29(20-26-15-10-7-11-16-26)33(39)40-24-30(21-27-17-12-8-13-18-27)35-32(38)28(14-5-2)22-31(37)34-25(3)23-36/h4-5,7-8,10-13,15-18,25,28-30,36H,1-2,6,9,14,19-24H2,3H3,(H,34,37)(H,35,38). The van der Waals surface area contributed by atoms with Crippen LogP contribution in [0.3, 0.4) is 0 Å². The van der Waals surface area contributed by atoms with Crippen LogP contribution in [0.5, 0.6) is 0 Å². The van der Waals surface area contributed by atoms with Gasteiger partial charge in [-0.2, -0.15) is 0 Å². The molecule has 0 aromatic heterocycles. The van der Waals surface area contributed by atoms with Crippen molar-refractivity contribution in [1.29, 1.82) is 0 Å². The van der Waals surface area contributed by atoms with Crippen LogP contribution < -0.4 is 10.6 Å². The Kier molecular flexibility index (Phi) is 15.1. The van der Waals surface area contributed by atoms with Gasteiger partial charge in [0.2, 0.25) is 11.8 Å². The Bertz CT molecular complexity index is 1060. The van der Waals surface area contributed by atoms with E-state index >= 15 is 0 Å². The van der Waals surface area contributed by atoms with Crippen molar-refractivity contribution in [2.75, 3.05) is 13.2 Å². The van der Waals surface area contributed by atoms with Crippen molar-refractivity contribution in [2.24, 2.45) is 11.8 Å². The van der Waals surface area contributed by atoms with Gasteiger partial charge in [0, 0.05) is 12.5 Å². The van der Waals surface area contributed by atoms with Crippen LogP contribution >= 0.6 is 0 Å². The molecule has 2 aromatic carbocycles. The maximum atomic E-state index is 13.3. The summed E-state index contributed by atoms with van der Waals surface area (Å²) in [7, 11) is 0. The first kappa shape index (κ1) is 32.5. The number of benzene rings is 2. The third kappa shape index (κ3) is 12.4. The zero-order chi connectivity index (χ0) is 29.2. The highest BCUT2D eigenvalue weighted by Crippen LogP contribution is 2.18. The fourth-order valence-corrected chi connectivity index (χ4v) is 4.47. The van der Waals surface area contributed by atoms with E-state index in [1.807, 2.05) is 66.7 Å². The minimum atomic E-state index is -0.637. The molecule has 0 saturated carbocycles. The van der Waals surface area contributed by atoms with Crippen LogP contribution in [0.4, 0.5) is 0 Å². The molecule has 3 N–H and O–H groups in total. The molecule has 0 saturated heterocycles. The predicted molar refractivity (Wildman–Crippen MR) is 158 cm³/mol. The van der Waals surface area contributed by atoms with Gasteiger partial charge < -0.3 is 20.5 Å². The summed E-state index contributed by atoms with van der Waals surface area (Å²) in [5, 5.41) is 14.9. The summed E-state index contributed by atoms with van der Waals surface area (Å²) in [6.45, 7) is 9.02. The van der Waals surface area contributed by atoms with Crippen LogP contribution in [0.2, 0.25) is 0 Å². The fraction of sp³-hybridized carbons (Fsp3) is 0.424. The molecule has 2 amide bonds. The molecule has 0 spiro atoms. The number of amides is 2. The minimum absolute atomic E-state index is 0.0147. The second kappa shape index (κ2) is 18.6. The van der Waals surface area contributed by atoms with E-state index in [9.17, 15) is 19.5 Å². The first-order valence-electron chi connectivity index (χ1n) is 14.0. The summed E-state index contributed by atoms with van der Waals surface area (Å²) in [5.74, 6) is -1.86. The molecule has 0 aliphatic heterocycles. The van der Waals surface area contributed by atoms with Crippen LogP contribution in [0.1, 0.15) is 50.2 Å². The van der Waals surface area contributed by atoms with E-state index < -0.39 is 18.0 Å². The number of aliphatic hydroxyl groups excluding tert-OH is 1. The average molecular weight is 549 g/mol. The second-order valence-electron chi connectivity index (χ2n) is 10.2. The molecule has 0 radical (unpaired) electrons.